The number of hydrogen-bond donors (Lipinski definition) is 1. The third-order valence-electron chi connectivity index (χ3n) is 2.09. The zero-order chi connectivity index (χ0) is 14.8. The first-order valence-corrected chi connectivity index (χ1v) is 5.63. The second kappa shape index (κ2) is 5.58. The predicted molar refractivity (Wildman–Crippen MR) is 58.6 cm³/mol. The summed E-state index contributed by atoms with van der Waals surface area (Å²) in [6.07, 6.45) is -15.0. The summed E-state index contributed by atoms with van der Waals surface area (Å²) < 4.78 is 77.9. The number of benzene rings is 1. The van der Waals surface area contributed by atoms with Crippen LogP contribution in [0.1, 0.15) is 5.56 Å². The molecule has 0 radical (unpaired) electrons. The largest absolute Gasteiger partial charge is 0.471 e. The Hall–Kier alpha value is -0.960. The molecular weight excluding hydrogens is 344 g/mol. The summed E-state index contributed by atoms with van der Waals surface area (Å²) in [5, 5.41) is 0. The van der Waals surface area contributed by atoms with Crippen LogP contribution in [0.25, 0.3) is 0 Å². The molecule has 0 aromatic heterocycles. The summed E-state index contributed by atoms with van der Waals surface area (Å²) in [5.41, 5.74) is 5.84. The molecule has 0 bridgehead atoms. The molecule has 0 aliphatic heterocycles. The van der Waals surface area contributed by atoms with Crippen LogP contribution >= 0.6 is 15.9 Å². The van der Waals surface area contributed by atoms with Crippen LogP contribution in [0.3, 0.4) is 0 Å². The average molecular weight is 352 g/mol. The minimum Gasteiger partial charge on any atom is -0.471 e. The second-order valence-corrected chi connectivity index (χ2v) is 4.39. The molecule has 19 heavy (non-hydrogen) atoms. The molecule has 0 spiro atoms. The third-order valence-corrected chi connectivity index (χ3v) is 2.83. The number of nitrogens with two attached hydrogens (primary N) is 1. The highest BCUT2D eigenvalue weighted by Crippen LogP contribution is 2.37. The minimum absolute atomic E-state index is 0.0861. The molecule has 108 valence electrons. The van der Waals surface area contributed by atoms with Crippen molar-refractivity contribution >= 4 is 15.9 Å². The molecule has 1 rings (SSSR count). The molecule has 0 fully saturated rings. The molecule has 0 saturated heterocycles. The molecule has 0 aliphatic carbocycles. The smallest absolute Gasteiger partial charge is 0.434 e. The lowest BCUT2D eigenvalue weighted by Gasteiger charge is -2.24. The number of ether oxygens (including phenoxy) is 1. The van der Waals surface area contributed by atoms with Crippen molar-refractivity contribution in [3.63, 3.8) is 0 Å². The summed E-state index contributed by atoms with van der Waals surface area (Å²) in [5.74, 6) is -0.552. The molecule has 0 atom stereocenters. The fourth-order valence-electron chi connectivity index (χ4n) is 1.22. The van der Waals surface area contributed by atoms with Crippen LogP contribution in [0.15, 0.2) is 22.7 Å². The van der Waals surface area contributed by atoms with Gasteiger partial charge in [0.2, 0.25) is 0 Å². The van der Waals surface area contributed by atoms with Crippen molar-refractivity contribution < 1.29 is 31.1 Å². The molecule has 1 aromatic rings. The van der Waals surface area contributed by atoms with Crippen molar-refractivity contribution in [1.82, 2.24) is 0 Å². The van der Waals surface area contributed by atoms with Crippen molar-refractivity contribution in [2.24, 2.45) is 5.73 Å². The molecule has 0 heterocycles. The van der Waals surface area contributed by atoms with Crippen LogP contribution in [-0.4, -0.2) is 18.5 Å². The van der Waals surface area contributed by atoms with E-state index in [0.29, 0.717) is 5.56 Å². The molecular formula is C10H8BrF6NO. The third kappa shape index (κ3) is 4.27. The second-order valence-electron chi connectivity index (χ2n) is 3.54. The Kier molecular flexibility index (Phi) is 4.72. The van der Waals surface area contributed by atoms with E-state index >= 15 is 0 Å². The van der Waals surface area contributed by atoms with E-state index in [0.717, 1.165) is 12.1 Å². The van der Waals surface area contributed by atoms with Gasteiger partial charge < -0.3 is 10.5 Å². The fraction of sp³-hybridized carbons (Fsp3) is 0.400. The van der Waals surface area contributed by atoms with Gasteiger partial charge in [-0.15, -0.1) is 0 Å². The highest BCUT2D eigenvalue weighted by atomic mass is 79.9. The molecule has 0 amide bonds. The van der Waals surface area contributed by atoms with E-state index in [2.05, 4.69) is 20.7 Å². The molecule has 1 aromatic carbocycles. The lowest BCUT2D eigenvalue weighted by molar-refractivity contribution is -0.299. The number of halogens is 7. The Balaban J connectivity index is 3.01. The van der Waals surface area contributed by atoms with E-state index in [1.807, 2.05) is 0 Å². The Bertz CT molecular complexity index is 431. The number of alkyl halides is 6. The first kappa shape index (κ1) is 16.1. The van der Waals surface area contributed by atoms with Crippen LogP contribution in [0.2, 0.25) is 0 Å². The first-order chi connectivity index (χ1) is 8.55. The van der Waals surface area contributed by atoms with Gasteiger partial charge in [0.25, 0.3) is 6.10 Å². The van der Waals surface area contributed by atoms with Crippen LogP contribution in [-0.2, 0) is 6.54 Å². The zero-order valence-corrected chi connectivity index (χ0v) is 10.7. The molecule has 0 aliphatic rings. The van der Waals surface area contributed by atoms with Crippen LogP contribution in [0.5, 0.6) is 5.75 Å². The summed E-state index contributed by atoms with van der Waals surface area (Å²) >= 11 is 2.98. The van der Waals surface area contributed by atoms with Gasteiger partial charge in [-0.05, 0) is 17.7 Å². The first-order valence-electron chi connectivity index (χ1n) is 4.84. The molecule has 9 heteroatoms. The van der Waals surface area contributed by atoms with E-state index in [-0.39, 0.29) is 11.0 Å². The van der Waals surface area contributed by atoms with Crippen LogP contribution in [0.4, 0.5) is 26.3 Å². The normalized spacial score (nSPS) is 12.9. The summed E-state index contributed by atoms with van der Waals surface area (Å²) in [6, 6.07) is 3.29. The zero-order valence-electron chi connectivity index (χ0n) is 9.15. The van der Waals surface area contributed by atoms with Crippen molar-refractivity contribution in [1.29, 1.82) is 0 Å². The van der Waals surface area contributed by atoms with Gasteiger partial charge in [-0.25, -0.2) is 0 Å². The molecule has 2 nitrogen and oxygen atoms in total. The van der Waals surface area contributed by atoms with Crippen molar-refractivity contribution in [2.45, 2.75) is 25.0 Å². The Morgan fingerprint density at radius 3 is 2.00 bits per heavy atom. The summed E-state index contributed by atoms with van der Waals surface area (Å²) in [4.78, 5) is 0. The highest BCUT2D eigenvalue weighted by Gasteiger charge is 2.59. The Morgan fingerprint density at radius 1 is 1.11 bits per heavy atom. The van der Waals surface area contributed by atoms with Gasteiger partial charge >= 0.3 is 12.4 Å². The van der Waals surface area contributed by atoms with Crippen molar-refractivity contribution in [3.05, 3.63) is 28.2 Å². The Morgan fingerprint density at radius 2 is 1.63 bits per heavy atom. The van der Waals surface area contributed by atoms with Gasteiger partial charge in [0.15, 0.2) is 0 Å². The van der Waals surface area contributed by atoms with Crippen molar-refractivity contribution in [3.8, 4) is 5.75 Å². The van der Waals surface area contributed by atoms with E-state index in [1.165, 1.54) is 6.07 Å². The predicted octanol–water partition coefficient (Wildman–Crippen LogP) is 3.78. The fourth-order valence-corrected chi connectivity index (χ4v) is 1.74. The molecule has 0 unspecified atom stereocenters. The Labute approximate surface area is 112 Å². The van der Waals surface area contributed by atoms with Crippen molar-refractivity contribution in [2.75, 3.05) is 0 Å². The van der Waals surface area contributed by atoms with E-state index < -0.39 is 24.2 Å². The maximum atomic E-state index is 12.3. The van der Waals surface area contributed by atoms with Crippen LogP contribution in [0, 0.1) is 0 Å². The maximum Gasteiger partial charge on any atom is 0.434 e. The van der Waals surface area contributed by atoms with E-state index in [4.69, 9.17) is 5.73 Å². The van der Waals surface area contributed by atoms with Gasteiger partial charge in [-0.2, -0.15) is 26.3 Å². The standard InChI is InChI=1S/C10H8BrF6NO/c11-7-3-6(2-1-5(7)4-18)19-8(9(12,13)14)10(15,16)17/h1-3,8H,4,18H2. The van der Waals surface area contributed by atoms with Crippen LogP contribution < -0.4 is 10.5 Å². The quantitative estimate of drug-likeness (QED) is 0.841. The average Bonchev–Trinajstić information content (AvgIpc) is 2.23. The molecule has 2 N–H and O–H groups in total. The van der Waals surface area contributed by atoms with Gasteiger partial charge in [-0.3, -0.25) is 0 Å². The topological polar surface area (TPSA) is 35.2 Å². The molecule has 0 saturated carbocycles. The summed E-state index contributed by atoms with van der Waals surface area (Å²) in [7, 11) is 0. The summed E-state index contributed by atoms with van der Waals surface area (Å²) in [6.45, 7) is 0.0861. The number of hydrogen-bond acceptors (Lipinski definition) is 2. The lowest BCUT2D eigenvalue weighted by Crippen LogP contribution is -2.46. The van der Waals surface area contributed by atoms with Gasteiger partial charge in [-0.1, -0.05) is 22.0 Å². The minimum atomic E-state index is -5.54. The van der Waals surface area contributed by atoms with Gasteiger partial charge in [0, 0.05) is 11.0 Å². The van der Waals surface area contributed by atoms with E-state index in [1.54, 1.807) is 0 Å². The van der Waals surface area contributed by atoms with E-state index in [9.17, 15) is 26.3 Å². The van der Waals surface area contributed by atoms with Gasteiger partial charge in [0.1, 0.15) is 5.75 Å². The SMILES string of the molecule is NCc1ccc(OC(C(F)(F)F)C(F)(F)F)cc1Br. The monoisotopic (exact) mass is 351 g/mol. The number of rotatable bonds is 3. The lowest BCUT2D eigenvalue weighted by atomic mass is 10.2. The highest BCUT2D eigenvalue weighted by molar-refractivity contribution is 9.10. The van der Waals surface area contributed by atoms with Gasteiger partial charge in [0.05, 0.1) is 0 Å². The maximum absolute atomic E-state index is 12.3.